The van der Waals surface area contributed by atoms with Gasteiger partial charge in [-0.25, -0.2) is 0 Å². The minimum atomic E-state index is -1.22. The van der Waals surface area contributed by atoms with Gasteiger partial charge in [-0.15, -0.1) is 0 Å². The van der Waals surface area contributed by atoms with Gasteiger partial charge in [0.05, 0.1) is 12.7 Å². The Labute approximate surface area is 129 Å². The molecule has 0 fully saturated rings. The molecule has 21 heavy (non-hydrogen) atoms. The van der Waals surface area contributed by atoms with E-state index in [9.17, 15) is 15.0 Å². The van der Waals surface area contributed by atoms with Crippen molar-refractivity contribution < 1.29 is 20.1 Å². The summed E-state index contributed by atoms with van der Waals surface area (Å²) in [5.74, 6) is -0.568. The van der Waals surface area contributed by atoms with Crippen molar-refractivity contribution in [1.82, 2.24) is 0 Å². The van der Waals surface area contributed by atoms with Crippen LogP contribution in [-0.2, 0) is 4.79 Å². The summed E-state index contributed by atoms with van der Waals surface area (Å²) in [4.78, 5) is 10.9. The van der Waals surface area contributed by atoms with Gasteiger partial charge in [-0.05, 0) is 6.42 Å². The van der Waals surface area contributed by atoms with Gasteiger partial charge >= 0.3 is 0 Å². The summed E-state index contributed by atoms with van der Waals surface area (Å²) < 4.78 is 0. The molecule has 0 bridgehead atoms. The Kier molecular flexibility index (Phi) is 14.2. The zero-order valence-corrected chi connectivity index (χ0v) is 13.5. The number of hydrogen-bond donors (Lipinski definition) is 3. The van der Waals surface area contributed by atoms with Crippen LogP contribution in [0.25, 0.3) is 0 Å². The molecule has 4 nitrogen and oxygen atoms in total. The van der Waals surface area contributed by atoms with Crippen molar-refractivity contribution in [3.05, 3.63) is 0 Å². The van der Waals surface area contributed by atoms with Gasteiger partial charge in [-0.1, -0.05) is 71.1 Å². The maximum absolute atomic E-state index is 10.9. The summed E-state index contributed by atoms with van der Waals surface area (Å²) in [7, 11) is 0. The van der Waals surface area contributed by atoms with Crippen LogP contribution >= 0.6 is 0 Å². The Morgan fingerprint density at radius 3 is 1.76 bits per heavy atom. The van der Waals surface area contributed by atoms with E-state index in [1.807, 2.05) is 0 Å². The molecule has 0 saturated carbocycles. The monoisotopic (exact) mass is 302 g/mol. The predicted octanol–water partition coefficient (Wildman–Crippen LogP) is 2.83. The molecule has 0 aromatic carbocycles. The van der Waals surface area contributed by atoms with Gasteiger partial charge in [0, 0.05) is 5.92 Å². The maximum atomic E-state index is 10.9. The van der Waals surface area contributed by atoms with E-state index in [2.05, 4.69) is 6.92 Å². The summed E-state index contributed by atoms with van der Waals surface area (Å²) in [6, 6.07) is 0. The molecule has 0 aliphatic rings. The van der Waals surface area contributed by atoms with E-state index in [0.29, 0.717) is 12.7 Å². The Balaban J connectivity index is 3.49. The van der Waals surface area contributed by atoms with Crippen LogP contribution < -0.4 is 0 Å². The quantitative estimate of drug-likeness (QED) is 0.321. The molecule has 3 atom stereocenters. The number of aliphatic hydroxyl groups excluding tert-OH is 3. The standard InChI is InChI=1S/C17H34O4/c1-2-3-4-5-6-7-8-9-10-11-12-15(13-18)17(21)16(20)14-19/h13,15-17,19-21H,2-12,14H2,1H3/t15-,16+,17-/m0/s1. The van der Waals surface area contributed by atoms with Crippen LogP contribution in [0.1, 0.15) is 77.6 Å². The highest BCUT2D eigenvalue weighted by molar-refractivity contribution is 5.54. The van der Waals surface area contributed by atoms with Crippen LogP contribution in [0.4, 0.5) is 0 Å². The molecule has 0 aliphatic heterocycles. The zero-order valence-electron chi connectivity index (χ0n) is 13.5. The van der Waals surface area contributed by atoms with Crippen LogP contribution in [-0.4, -0.2) is 40.4 Å². The Morgan fingerprint density at radius 2 is 1.33 bits per heavy atom. The molecule has 3 N–H and O–H groups in total. The summed E-state index contributed by atoms with van der Waals surface area (Å²) >= 11 is 0. The lowest BCUT2D eigenvalue weighted by atomic mass is 9.93. The highest BCUT2D eigenvalue weighted by Gasteiger charge is 2.24. The van der Waals surface area contributed by atoms with Crippen molar-refractivity contribution in [3.63, 3.8) is 0 Å². The molecule has 0 saturated heterocycles. The first-order chi connectivity index (χ1) is 10.2. The molecule has 0 unspecified atom stereocenters. The molecular weight excluding hydrogens is 268 g/mol. The topological polar surface area (TPSA) is 77.8 Å². The second kappa shape index (κ2) is 14.5. The normalized spacial score (nSPS) is 15.6. The zero-order chi connectivity index (χ0) is 15.9. The van der Waals surface area contributed by atoms with E-state index >= 15 is 0 Å². The van der Waals surface area contributed by atoms with Gasteiger partial charge < -0.3 is 20.1 Å². The largest absolute Gasteiger partial charge is 0.394 e. The fourth-order valence-corrected chi connectivity index (χ4v) is 2.58. The number of aldehydes is 1. The van der Waals surface area contributed by atoms with Crippen LogP contribution in [0.3, 0.4) is 0 Å². The highest BCUT2D eigenvalue weighted by Crippen LogP contribution is 2.16. The number of aliphatic hydroxyl groups is 3. The lowest BCUT2D eigenvalue weighted by Gasteiger charge is -2.21. The van der Waals surface area contributed by atoms with Gasteiger partial charge in [-0.3, -0.25) is 0 Å². The van der Waals surface area contributed by atoms with Crippen LogP contribution in [0.2, 0.25) is 0 Å². The number of rotatable bonds is 15. The second-order valence-corrected chi connectivity index (χ2v) is 6.01. The predicted molar refractivity (Wildman–Crippen MR) is 85.1 cm³/mol. The van der Waals surface area contributed by atoms with Gasteiger partial charge in [0.25, 0.3) is 0 Å². The van der Waals surface area contributed by atoms with Crippen molar-refractivity contribution in [2.24, 2.45) is 5.92 Å². The van der Waals surface area contributed by atoms with E-state index in [-0.39, 0.29) is 0 Å². The molecular formula is C17H34O4. The Morgan fingerprint density at radius 1 is 0.857 bits per heavy atom. The molecule has 0 amide bonds. The van der Waals surface area contributed by atoms with E-state index in [1.54, 1.807) is 0 Å². The molecule has 0 rings (SSSR count). The molecule has 0 aromatic heterocycles. The van der Waals surface area contributed by atoms with Crippen molar-refractivity contribution in [3.8, 4) is 0 Å². The fourth-order valence-electron chi connectivity index (χ4n) is 2.58. The average Bonchev–Trinajstić information content (AvgIpc) is 2.51. The molecule has 4 heteroatoms. The molecule has 126 valence electrons. The Hall–Kier alpha value is -0.450. The summed E-state index contributed by atoms with van der Waals surface area (Å²) in [5, 5.41) is 27.8. The van der Waals surface area contributed by atoms with Crippen molar-refractivity contribution in [2.45, 2.75) is 89.8 Å². The minimum Gasteiger partial charge on any atom is -0.394 e. The smallest absolute Gasteiger partial charge is 0.125 e. The van der Waals surface area contributed by atoms with Gasteiger partial charge in [0.2, 0.25) is 0 Å². The third-order valence-corrected chi connectivity index (χ3v) is 4.09. The molecule has 0 radical (unpaired) electrons. The van der Waals surface area contributed by atoms with Crippen LogP contribution in [0, 0.1) is 5.92 Å². The summed E-state index contributed by atoms with van der Waals surface area (Å²) in [5.41, 5.74) is 0. The lowest BCUT2D eigenvalue weighted by molar-refractivity contribution is -0.119. The molecule has 0 aromatic rings. The van der Waals surface area contributed by atoms with E-state index in [4.69, 9.17) is 5.11 Å². The number of carbonyl (C=O) groups excluding carboxylic acids is 1. The van der Waals surface area contributed by atoms with Gasteiger partial charge in [0.15, 0.2) is 0 Å². The number of hydrogen-bond acceptors (Lipinski definition) is 4. The third kappa shape index (κ3) is 10.9. The first-order valence-corrected chi connectivity index (χ1v) is 8.59. The lowest BCUT2D eigenvalue weighted by Crippen LogP contribution is -2.36. The fraction of sp³-hybridized carbons (Fsp3) is 0.941. The number of unbranched alkanes of at least 4 members (excludes halogenated alkanes) is 9. The van der Waals surface area contributed by atoms with Crippen molar-refractivity contribution >= 4 is 6.29 Å². The van der Waals surface area contributed by atoms with Gasteiger partial charge in [0.1, 0.15) is 12.4 Å². The molecule has 0 spiro atoms. The van der Waals surface area contributed by atoms with E-state index in [1.165, 1.54) is 44.9 Å². The average molecular weight is 302 g/mol. The van der Waals surface area contributed by atoms with Crippen LogP contribution in [0.5, 0.6) is 0 Å². The van der Waals surface area contributed by atoms with Crippen LogP contribution in [0.15, 0.2) is 0 Å². The van der Waals surface area contributed by atoms with E-state index < -0.39 is 24.7 Å². The Bertz CT molecular complexity index is 233. The first kappa shape index (κ1) is 20.6. The highest BCUT2D eigenvalue weighted by atomic mass is 16.4. The first-order valence-electron chi connectivity index (χ1n) is 8.59. The molecule has 0 heterocycles. The summed E-state index contributed by atoms with van der Waals surface area (Å²) in [6.45, 7) is 1.71. The van der Waals surface area contributed by atoms with Gasteiger partial charge in [-0.2, -0.15) is 0 Å². The maximum Gasteiger partial charge on any atom is 0.125 e. The number of carbonyl (C=O) groups is 1. The third-order valence-electron chi connectivity index (χ3n) is 4.09. The minimum absolute atomic E-state index is 0.510. The van der Waals surface area contributed by atoms with Crippen molar-refractivity contribution in [2.75, 3.05) is 6.61 Å². The SMILES string of the molecule is CCCCCCCCCCCC[C@@H](C=O)[C@H](O)[C@H](O)CO. The van der Waals surface area contributed by atoms with E-state index in [0.717, 1.165) is 19.3 Å². The second-order valence-electron chi connectivity index (χ2n) is 6.01. The molecule has 0 aliphatic carbocycles. The van der Waals surface area contributed by atoms with Crippen molar-refractivity contribution in [1.29, 1.82) is 0 Å². The summed E-state index contributed by atoms with van der Waals surface area (Å²) in [6.07, 6.45) is 11.2.